The first kappa shape index (κ1) is 8.55. The van der Waals surface area contributed by atoms with Gasteiger partial charge < -0.3 is 11.5 Å². The van der Waals surface area contributed by atoms with E-state index >= 15 is 0 Å². The van der Waals surface area contributed by atoms with Crippen molar-refractivity contribution in [1.82, 2.24) is 0 Å². The molecule has 0 unspecified atom stereocenters. The van der Waals surface area contributed by atoms with E-state index in [0.29, 0.717) is 17.2 Å². The molecule has 1 amide bonds. The van der Waals surface area contributed by atoms with Crippen LogP contribution in [0.1, 0.15) is 6.42 Å². The van der Waals surface area contributed by atoms with Gasteiger partial charge in [0.2, 0.25) is 0 Å². The minimum Gasteiger partial charge on any atom is -0.399 e. The Bertz CT molecular complexity index is 396. The van der Waals surface area contributed by atoms with Crippen molar-refractivity contribution in [3.8, 4) is 0 Å². The van der Waals surface area contributed by atoms with E-state index in [1.165, 1.54) is 5.01 Å². The van der Waals surface area contributed by atoms with Crippen LogP contribution in [0.4, 0.5) is 11.4 Å². The molecule has 0 aliphatic carbocycles. The summed E-state index contributed by atoms with van der Waals surface area (Å²) < 4.78 is 0. The van der Waals surface area contributed by atoms with Crippen LogP contribution < -0.4 is 16.5 Å². The van der Waals surface area contributed by atoms with Crippen LogP contribution in [0.15, 0.2) is 29.4 Å². The average molecular weight is 190 g/mol. The van der Waals surface area contributed by atoms with E-state index in [1.54, 1.807) is 24.3 Å². The standard InChI is InChI=1S/C9H10N4O/c10-6-1-3-7(4-2-6)13-9(14)5-8(11)12-13/h1-4H,5,10H2,(H2,11,12). The first-order valence-corrected chi connectivity index (χ1v) is 4.18. The molecule has 72 valence electrons. The first-order valence-electron chi connectivity index (χ1n) is 4.18. The molecule has 0 atom stereocenters. The number of hydrazone groups is 1. The van der Waals surface area contributed by atoms with Gasteiger partial charge in [-0.2, -0.15) is 10.1 Å². The summed E-state index contributed by atoms with van der Waals surface area (Å²) in [5.41, 5.74) is 12.3. The normalized spacial score (nSPS) is 15.9. The van der Waals surface area contributed by atoms with Crippen molar-refractivity contribution in [1.29, 1.82) is 0 Å². The molecule has 1 aliphatic rings. The number of benzene rings is 1. The van der Waals surface area contributed by atoms with Crippen LogP contribution in [0.2, 0.25) is 0 Å². The lowest BCUT2D eigenvalue weighted by atomic mass is 10.3. The summed E-state index contributed by atoms with van der Waals surface area (Å²) in [7, 11) is 0. The van der Waals surface area contributed by atoms with Crippen molar-refractivity contribution in [3.63, 3.8) is 0 Å². The van der Waals surface area contributed by atoms with Crippen LogP contribution in [0, 0.1) is 0 Å². The molecular formula is C9H10N4O. The molecule has 5 nitrogen and oxygen atoms in total. The highest BCUT2D eigenvalue weighted by molar-refractivity contribution is 6.11. The number of carbonyl (C=O) groups excluding carboxylic acids is 1. The predicted molar refractivity (Wildman–Crippen MR) is 54.6 cm³/mol. The Hall–Kier alpha value is -2.04. The summed E-state index contributed by atoms with van der Waals surface area (Å²) in [6, 6.07) is 6.89. The zero-order chi connectivity index (χ0) is 10.1. The maximum Gasteiger partial charge on any atom is 0.255 e. The number of amides is 1. The van der Waals surface area contributed by atoms with E-state index < -0.39 is 0 Å². The summed E-state index contributed by atoms with van der Waals surface area (Å²) in [6.45, 7) is 0. The van der Waals surface area contributed by atoms with Crippen LogP contribution in [0.3, 0.4) is 0 Å². The third-order valence-electron chi connectivity index (χ3n) is 1.93. The van der Waals surface area contributed by atoms with Gasteiger partial charge in [0.25, 0.3) is 5.91 Å². The van der Waals surface area contributed by atoms with Gasteiger partial charge in [-0.3, -0.25) is 4.79 Å². The molecule has 14 heavy (non-hydrogen) atoms. The average Bonchev–Trinajstić information content (AvgIpc) is 2.47. The summed E-state index contributed by atoms with van der Waals surface area (Å²) in [6.07, 6.45) is 0.185. The largest absolute Gasteiger partial charge is 0.399 e. The maximum atomic E-state index is 11.4. The monoisotopic (exact) mass is 190 g/mol. The van der Waals surface area contributed by atoms with Crippen molar-refractivity contribution < 1.29 is 4.79 Å². The molecule has 5 heteroatoms. The second kappa shape index (κ2) is 3.02. The second-order valence-corrected chi connectivity index (χ2v) is 3.07. The zero-order valence-electron chi connectivity index (χ0n) is 7.47. The van der Waals surface area contributed by atoms with Gasteiger partial charge >= 0.3 is 0 Å². The van der Waals surface area contributed by atoms with Gasteiger partial charge in [-0.25, -0.2) is 0 Å². The molecule has 2 rings (SSSR count). The number of hydrogen-bond acceptors (Lipinski definition) is 4. The predicted octanol–water partition coefficient (Wildman–Crippen LogP) is 0.278. The van der Waals surface area contributed by atoms with Crippen LogP contribution in [0.25, 0.3) is 0 Å². The van der Waals surface area contributed by atoms with E-state index in [0.717, 1.165) is 0 Å². The number of carbonyl (C=O) groups is 1. The molecule has 0 bridgehead atoms. The first-order chi connectivity index (χ1) is 6.66. The summed E-state index contributed by atoms with van der Waals surface area (Å²) >= 11 is 0. The highest BCUT2D eigenvalue weighted by Gasteiger charge is 2.22. The molecule has 1 aromatic carbocycles. The highest BCUT2D eigenvalue weighted by atomic mass is 16.2. The Morgan fingerprint density at radius 3 is 2.36 bits per heavy atom. The molecule has 1 aromatic rings. The Morgan fingerprint density at radius 2 is 1.86 bits per heavy atom. The minimum absolute atomic E-state index is 0.118. The van der Waals surface area contributed by atoms with Crippen molar-refractivity contribution in [3.05, 3.63) is 24.3 Å². The van der Waals surface area contributed by atoms with E-state index in [-0.39, 0.29) is 12.3 Å². The third kappa shape index (κ3) is 1.39. The van der Waals surface area contributed by atoms with Crippen LogP contribution in [-0.4, -0.2) is 11.7 Å². The molecule has 0 aromatic heterocycles. The van der Waals surface area contributed by atoms with Gasteiger partial charge in [0, 0.05) is 5.69 Å². The number of amidine groups is 1. The zero-order valence-corrected chi connectivity index (χ0v) is 7.47. The minimum atomic E-state index is -0.118. The van der Waals surface area contributed by atoms with Gasteiger partial charge in [-0.05, 0) is 24.3 Å². The number of nitrogens with two attached hydrogens (primary N) is 2. The fourth-order valence-electron chi connectivity index (χ4n) is 1.27. The molecule has 1 aliphatic heterocycles. The number of nitrogens with zero attached hydrogens (tertiary/aromatic N) is 2. The van der Waals surface area contributed by atoms with Crippen molar-refractivity contribution >= 4 is 23.1 Å². The lowest BCUT2D eigenvalue weighted by Gasteiger charge is -2.10. The Kier molecular flexibility index (Phi) is 1.85. The number of anilines is 2. The summed E-state index contributed by atoms with van der Waals surface area (Å²) in [4.78, 5) is 11.4. The van der Waals surface area contributed by atoms with Gasteiger partial charge in [-0.15, -0.1) is 0 Å². The van der Waals surface area contributed by atoms with E-state index in [2.05, 4.69) is 5.10 Å². The van der Waals surface area contributed by atoms with Crippen LogP contribution >= 0.6 is 0 Å². The number of hydrogen-bond donors (Lipinski definition) is 2. The van der Waals surface area contributed by atoms with Crippen LogP contribution in [-0.2, 0) is 4.79 Å². The molecule has 0 saturated carbocycles. The van der Waals surface area contributed by atoms with E-state index in [4.69, 9.17) is 11.5 Å². The fourth-order valence-corrected chi connectivity index (χ4v) is 1.27. The second-order valence-electron chi connectivity index (χ2n) is 3.07. The highest BCUT2D eigenvalue weighted by Crippen LogP contribution is 2.20. The fraction of sp³-hybridized carbons (Fsp3) is 0.111. The van der Waals surface area contributed by atoms with Gasteiger partial charge in [0.05, 0.1) is 12.1 Å². The van der Waals surface area contributed by atoms with Gasteiger partial charge in [-0.1, -0.05) is 0 Å². The molecule has 4 N–H and O–H groups in total. The maximum absolute atomic E-state index is 11.4. The smallest absolute Gasteiger partial charge is 0.255 e. The SMILES string of the molecule is NC1=NN(c2ccc(N)cc2)C(=O)C1. The Labute approximate surface area is 81.0 Å². The van der Waals surface area contributed by atoms with E-state index in [1.807, 2.05) is 0 Å². The number of nitrogen functional groups attached to an aromatic ring is 1. The summed E-state index contributed by atoms with van der Waals surface area (Å²) in [5.74, 6) is 0.221. The topological polar surface area (TPSA) is 84.7 Å². The van der Waals surface area contributed by atoms with Crippen molar-refractivity contribution in [2.75, 3.05) is 10.7 Å². The van der Waals surface area contributed by atoms with E-state index in [9.17, 15) is 4.79 Å². The van der Waals surface area contributed by atoms with Crippen molar-refractivity contribution in [2.24, 2.45) is 10.8 Å². The van der Waals surface area contributed by atoms with Gasteiger partial charge in [0.15, 0.2) is 0 Å². The molecular weight excluding hydrogens is 180 g/mol. The molecule has 0 radical (unpaired) electrons. The number of rotatable bonds is 1. The lowest BCUT2D eigenvalue weighted by Crippen LogP contribution is -2.19. The van der Waals surface area contributed by atoms with Crippen LogP contribution in [0.5, 0.6) is 0 Å². The Morgan fingerprint density at radius 1 is 1.21 bits per heavy atom. The quantitative estimate of drug-likeness (QED) is 0.623. The van der Waals surface area contributed by atoms with Crippen molar-refractivity contribution in [2.45, 2.75) is 6.42 Å². The molecule has 1 heterocycles. The molecule has 0 fully saturated rings. The molecule has 0 saturated heterocycles. The lowest BCUT2D eigenvalue weighted by molar-refractivity contribution is -0.116. The Balaban J connectivity index is 2.32. The molecule has 0 spiro atoms. The third-order valence-corrected chi connectivity index (χ3v) is 1.93. The summed E-state index contributed by atoms with van der Waals surface area (Å²) in [5, 5.41) is 5.19. The van der Waals surface area contributed by atoms with Gasteiger partial charge in [0.1, 0.15) is 5.84 Å².